The minimum absolute atomic E-state index is 0.174. The summed E-state index contributed by atoms with van der Waals surface area (Å²) >= 11 is 0. The zero-order chi connectivity index (χ0) is 12.7. The number of hydrogen-bond acceptors (Lipinski definition) is 3. The van der Waals surface area contributed by atoms with Gasteiger partial charge in [0.1, 0.15) is 5.78 Å². The van der Waals surface area contributed by atoms with E-state index in [4.69, 9.17) is 0 Å². The molecule has 2 rings (SSSR count). The monoisotopic (exact) mass is 259 g/mol. The van der Waals surface area contributed by atoms with Gasteiger partial charge in [0.15, 0.2) is 0 Å². The highest BCUT2D eigenvalue weighted by Crippen LogP contribution is 2.34. The predicted octanol–water partition coefficient (Wildman–Crippen LogP) is 1.70. The molecule has 1 heterocycles. The first-order chi connectivity index (χ1) is 7.84. The second-order valence-corrected chi connectivity index (χ2v) is 7.94. The van der Waals surface area contributed by atoms with Crippen LogP contribution < -0.4 is 0 Å². The van der Waals surface area contributed by atoms with E-state index >= 15 is 0 Å². The Bertz CT molecular complexity index is 407. The molecule has 0 unspecified atom stereocenters. The third-order valence-electron chi connectivity index (χ3n) is 3.93. The number of ketones is 1. The molecule has 0 spiro atoms. The topological polar surface area (TPSA) is 54.5 Å². The van der Waals surface area contributed by atoms with Crippen molar-refractivity contribution >= 4 is 15.8 Å². The molecular weight excluding hydrogens is 238 g/mol. The highest BCUT2D eigenvalue weighted by molar-refractivity contribution is 7.89. The Labute approximate surface area is 103 Å². The van der Waals surface area contributed by atoms with E-state index in [1.807, 2.05) is 13.8 Å². The van der Waals surface area contributed by atoms with E-state index in [2.05, 4.69) is 0 Å². The molecule has 0 aromatic rings. The Morgan fingerprint density at radius 3 is 2.35 bits per heavy atom. The van der Waals surface area contributed by atoms with Crippen LogP contribution >= 0.6 is 0 Å². The van der Waals surface area contributed by atoms with Crippen LogP contribution in [0.5, 0.6) is 0 Å². The van der Waals surface area contributed by atoms with E-state index in [0.717, 1.165) is 25.7 Å². The van der Waals surface area contributed by atoms with Gasteiger partial charge in [-0.3, -0.25) is 4.79 Å². The lowest BCUT2D eigenvalue weighted by molar-refractivity contribution is -0.123. The molecule has 2 fully saturated rings. The molecule has 1 aliphatic heterocycles. The van der Waals surface area contributed by atoms with Gasteiger partial charge in [-0.2, -0.15) is 4.31 Å². The summed E-state index contributed by atoms with van der Waals surface area (Å²) in [5.41, 5.74) is -0.545. The number of carbonyl (C=O) groups is 1. The molecule has 4 nitrogen and oxygen atoms in total. The summed E-state index contributed by atoms with van der Waals surface area (Å²) < 4.78 is 26.6. The van der Waals surface area contributed by atoms with Crippen LogP contribution in [0.1, 0.15) is 52.4 Å². The van der Waals surface area contributed by atoms with E-state index < -0.39 is 15.6 Å². The first-order valence-electron chi connectivity index (χ1n) is 6.37. The minimum Gasteiger partial charge on any atom is -0.300 e. The maximum Gasteiger partial charge on any atom is 0.217 e. The molecule has 1 saturated carbocycles. The molecular formula is C12H21NO3S. The van der Waals surface area contributed by atoms with Gasteiger partial charge in [-0.25, -0.2) is 8.42 Å². The van der Waals surface area contributed by atoms with Gasteiger partial charge < -0.3 is 0 Å². The van der Waals surface area contributed by atoms with Gasteiger partial charge in [-0.1, -0.05) is 12.8 Å². The minimum atomic E-state index is -3.21. The Morgan fingerprint density at radius 1 is 1.24 bits per heavy atom. The van der Waals surface area contributed by atoms with E-state index in [1.54, 1.807) is 4.31 Å². The van der Waals surface area contributed by atoms with Gasteiger partial charge in [-0.05, 0) is 26.7 Å². The fraction of sp³-hybridized carbons (Fsp3) is 0.917. The van der Waals surface area contributed by atoms with E-state index in [1.165, 1.54) is 0 Å². The molecule has 0 amide bonds. The Balaban J connectivity index is 2.23. The Kier molecular flexibility index (Phi) is 3.34. The molecule has 0 N–H and O–H groups in total. The third-order valence-corrected chi connectivity index (χ3v) is 6.53. The van der Waals surface area contributed by atoms with Crippen LogP contribution in [0.4, 0.5) is 0 Å². The molecule has 0 bridgehead atoms. The molecule has 1 saturated heterocycles. The average molecular weight is 259 g/mol. The van der Waals surface area contributed by atoms with Crippen LogP contribution in [-0.2, 0) is 14.8 Å². The molecule has 0 aromatic carbocycles. The summed E-state index contributed by atoms with van der Waals surface area (Å²) in [6, 6.07) is 0. The van der Waals surface area contributed by atoms with E-state index in [9.17, 15) is 13.2 Å². The van der Waals surface area contributed by atoms with Crippen LogP contribution in [0.3, 0.4) is 0 Å². The SMILES string of the molecule is CC1(C)CC(=O)CCN1S(=O)(=O)C1CCCC1. The maximum absolute atomic E-state index is 12.5. The van der Waals surface area contributed by atoms with Crippen molar-refractivity contribution in [3.05, 3.63) is 0 Å². The van der Waals surface area contributed by atoms with Gasteiger partial charge in [0.25, 0.3) is 0 Å². The lowest BCUT2D eigenvalue weighted by Crippen LogP contribution is -2.55. The van der Waals surface area contributed by atoms with Crippen molar-refractivity contribution in [2.45, 2.75) is 63.2 Å². The first kappa shape index (κ1) is 13.0. The normalized spacial score (nSPS) is 27.5. The lowest BCUT2D eigenvalue weighted by atomic mass is 9.92. The number of sulfonamides is 1. The highest BCUT2D eigenvalue weighted by atomic mass is 32.2. The quantitative estimate of drug-likeness (QED) is 0.758. The molecule has 2 aliphatic rings. The van der Waals surface area contributed by atoms with Gasteiger partial charge in [0.2, 0.25) is 10.0 Å². The lowest BCUT2D eigenvalue weighted by Gasteiger charge is -2.41. The van der Waals surface area contributed by atoms with Crippen LogP contribution in [0.15, 0.2) is 0 Å². The van der Waals surface area contributed by atoms with Crippen molar-refractivity contribution in [2.24, 2.45) is 0 Å². The smallest absolute Gasteiger partial charge is 0.217 e. The van der Waals surface area contributed by atoms with Crippen LogP contribution in [0.2, 0.25) is 0 Å². The number of hydrogen-bond donors (Lipinski definition) is 0. The molecule has 5 heteroatoms. The summed E-state index contributed by atoms with van der Waals surface area (Å²) in [5, 5.41) is -0.213. The number of rotatable bonds is 2. The first-order valence-corrected chi connectivity index (χ1v) is 7.88. The van der Waals surface area contributed by atoms with Gasteiger partial charge in [0, 0.05) is 24.9 Å². The standard InChI is InChI=1S/C12H21NO3S/c1-12(2)9-10(14)7-8-13(12)17(15,16)11-5-3-4-6-11/h11H,3-9H2,1-2H3. The van der Waals surface area contributed by atoms with Crippen molar-refractivity contribution in [2.75, 3.05) is 6.54 Å². The van der Waals surface area contributed by atoms with Gasteiger partial charge in [0.05, 0.1) is 5.25 Å². The second-order valence-electron chi connectivity index (χ2n) is 5.80. The summed E-state index contributed by atoms with van der Waals surface area (Å²) in [5.74, 6) is 0.174. The van der Waals surface area contributed by atoms with Gasteiger partial charge >= 0.3 is 0 Å². The summed E-state index contributed by atoms with van der Waals surface area (Å²) in [4.78, 5) is 11.5. The molecule has 17 heavy (non-hydrogen) atoms. The van der Waals surface area contributed by atoms with Crippen LogP contribution in [0, 0.1) is 0 Å². The maximum atomic E-state index is 12.5. The summed E-state index contributed by atoms with van der Waals surface area (Å²) in [7, 11) is -3.21. The molecule has 0 aromatic heterocycles. The Hall–Kier alpha value is -0.420. The van der Waals surface area contributed by atoms with Gasteiger partial charge in [-0.15, -0.1) is 0 Å². The molecule has 0 radical (unpaired) electrons. The number of piperidine rings is 1. The second kappa shape index (κ2) is 4.35. The highest BCUT2D eigenvalue weighted by Gasteiger charge is 2.44. The Morgan fingerprint density at radius 2 is 1.82 bits per heavy atom. The zero-order valence-electron chi connectivity index (χ0n) is 10.6. The predicted molar refractivity (Wildman–Crippen MR) is 66.2 cm³/mol. The van der Waals surface area contributed by atoms with Crippen LogP contribution in [0.25, 0.3) is 0 Å². The number of Topliss-reactive ketones (excluding diaryl/α,β-unsaturated/α-hetero) is 1. The zero-order valence-corrected chi connectivity index (χ0v) is 11.4. The fourth-order valence-corrected chi connectivity index (χ4v) is 5.41. The van der Waals surface area contributed by atoms with E-state index in [-0.39, 0.29) is 11.0 Å². The number of nitrogens with zero attached hydrogens (tertiary/aromatic N) is 1. The van der Waals surface area contributed by atoms with E-state index in [0.29, 0.717) is 19.4 Å². The molecule has 1 aliphatic carbocycles. The molecule has 98 valence electrons. The summed E-state index contributed by atoms with van der Waals surface area (Å²) in [6.45, 7) is 4.08. The van der Waals surface area contributed by atoms with Crippen molar-refractivity contribution in [1.29, 1.82) is 0 Å². The fourth-order valence-electron chi connectivity index (χ4n) is 3.03. The van der Waals surface area contributed by atoms with Crippen molar-refractivity contribution < 1.29 is 13.2 Å². The van der Waals surface area contributed by atoms with Crippen molar-refractivity contribution in [3.63, 3.8) is 0 Å². The molecule has 0 atom stereocenters. The van der Waals surface area contributed by atoms with Crippen molar-refractivity contribution in [3.8, 4) is 0 Å². The summed E-state index contributed by atoms with van der Waals surface area (Å²) in [6.07, 6.45) is 4.30. The largest absolute Gasteiger partial charge is 0.300 e. The number of carbonyl (C=O) groups excluding carboxylic acids is 1. The van der Waals surface area contributed by atoms with Crippen molar-refractivity contribution in [1.82, 2.24) is 4.31 Å². The average Bonchev–Trinajstić information content (AvgIpc) is 2.67. The third kappa shape index (κ3) is 2.40. The van der Waals surface area contributed by atoms with Crippen LogP contribution in [-0.4, -0.2) is 35.8 Å².